The first-order chi connectivity index (χ1) is 6.04. The van der Waals surface area contributed by atoms with Crippen molar-refractivity contribution in [2.24, 2.45) is 0 Å². The fourth-order valence-corrected chi connectivity index (χ4v) is 1.07. The van der Waals surface area contributed by atoms with E-state index >= 15 is 0 Å². The van der Waals surface area contributed by atoms with Gasteiger partial charge in [0, 0.05) is 5.56 Å². The maximum atomic E-state index is 10.5. The van der Waals surface area contributed by atoms with Crippen molar-refractivity contribution in [3.05, 3.63) is 39.4 Å². The maximum absolute atomic E-state index is 10.5. The number of para-hydroxylation sites is 1. The van der Waals surface area contributed by atoms with Crippen LogP contribution in [0.5, 0.6) is 0 Å². The second kappa shape index (κ2) is 5.09. The number of benzene rings is 1. The third kappa shape index (κ3) is 2.54. The number of nitro groups is 1. The molecular weight excluding hydrogens is 197 g/mol. The Labute approximate surface area is 102 Å². The van der Waals surface area contributed by atoms with Gasteiger partial charge < -0.3 is 9.90 Å². The summed E-state index contributed by atoms with van der Waals surface area (Å²) < 4.78 is 0. The number of nitrogens with zero attached hydrogens (tertiary/aromatic N) is 1. The first-order valence-corrected chi connectivity index (χ1v) is 3.49. The normalized spacial score (nSPS) is 8.93. The molecule has 1 aromatic rings. The van der Waals surface area contributed by atoms with Gasteiger partial charge in [-0.2, -0.15) is 0 Å². The van der Waals surface area contributed by atoms with E-state index in [1.165, 1.54) is 19.1 Å². The van der Waals surface area contributed by atoms with E-state index in [9.17, 15) is 20.0 Å². The van der Waals surface area contributed by atoms with Crippen LogP contribution in [0.4, 0.5) is 5.69 Å². The van der Waals surface area contributed by atoms with E-state index < -0.39 is 16.6 Å². The van der Waals surface area contributed by atoms with Gasteiger partial charge >= 0.3 is 29.6 Å². The summed E-state index contributed by atoms with van der Waals surface area (Å²) in [5.41, 5.74) is -0.473. The molecule has 0 aromatic heterocycles. The standard InChI is InChI=1S/C8H7NO4.Na/c1-5-3-2-4-6(8(10)11)7(5)9(12)13;/h2-4H,1H3,(H,10,11);/q;+1/p-1. The number of rotatable bonds is 2. The van der Waals surface area contributed by atoms with E-state index in [0.717, 1.165) is 6.07 Å². The molecule has 0 unspecified atom stereocenters. The molecule has 0 fully saturated rings. The number of carbonyl (C=O) groups excluding carboxylic acids is 1. The minimum atomic E-state index is -1.53. The summed E-state index contributed by atoms with van der Waals surface area (Å²) in [7, 11) is 0. The van der Waals surface area contributed by atoms with Crippen LogP contribution in [-0.2, 0) is 0 Å². The van der Waals surface area contributed by atoms with Crippen molar-refractivity contribution in [1.82, 2.24) is 0 Å². The summed E-state index contributed by atoms with van der Waals surface area (Å²) in [6.45, 7) is 1.48. The number of carboxylic acids is 1. The number of hydrogen-bond donors (Lipinski definition) is 0. The van der Waals surface area contributed by atoms with E-state index in [4.69, 9.17) is 0 Å². The molecule has 0 bridgehead atoms. The monoisotopic (exact) mass is 203 g/mol. The van der Waals surface area contributed by atoms with Crippen LogP contribution in [-0.4, -0.2) is 10.9 Å². The van der Waals surface area contributed by atoms with Crippen molar-refractivity contribution < 1.29 is 44.4 Å². The van der Waals surface area contributed by atoms with Crippen LogP contribution in [0.1, 0.15) is 15.9 Å². The molecule has 1 rings (SSSR count). The minimum absolute atomic E-state index is 0. The van der Waals surface area contributed by atoms with Crippen LogP contribution in [0, 0.1) is 17.0 Å². The van der Waals surface area contributed by atoms with Crippen LogP contribution in [0.15, 0.2) is 18.2 Å². The Balaban J connectivity index is 0.00000169. The number of hydrogen-bond acceptors (Lipinski definition) is 4. The largest absolute Gasteiger partial charge is 1.00 e. The predicted octanol–water partition coefficient (Wildman–Crippen LogP) is -2.73. The summed E-state index contributed by atoms with van der Waals surface area (Å²) in [5, 5.41) is 20.9. The van der Waals surface area contributed by atoms with Crippen molar-refractivity contribution in [2.45, 2.75) is 6.92 Å². The Morgan fingerprint density at radius 2 is 2.00 bits per heavy atom. The van der Waals surface area contributed by atoms with Crippen molar-refractivity contribution in [1.29, 1.82) is 0 Å². The second-order valence-electron chi connectivity index (χ2n) is 2.52. The molecule has 0 aliphatic heterocycles. The molecule has 5 nitrogen and oxygen atoms in total. The average Bonchev–Trinajstić information content (AvgIpc) is 2.02. The summed E-state index contributed by atoms with van der Waals surface area (Å²) >= 11 is 0. The zero-order valence-electron chi connectivity index (χ0n) is 7.81. The van der Waals surface area contributed by atoms with E-state index in [2.05, 4.69) is 0 Å². The van der Waals surface area contributed by atoms with Crippen molar-refractivity contribution in [3.8, 4) is 0 Å². The second-order valence-corrected chi connectivity index (χ2v) is 2.52. The van der Waals surface area contributed by atoms with Gasteiger partial charge in [-0.05, 0) is 13.0 Å². The number of nitro benzene ring substituents is 1. The van der Waals surface area contributed by atoms with Crippen molar-refractivity contribution in [3.63, 3.8) is 0 Å². The van der Waals surface area contributed by atoms with Crippen LogP contribution in [0.3, 0.4) is 0 Å². The fraction of sp³-hybridized carbons (Fsp3) is 0.125. The fourth-order valence-electron chi connectivity index (χ4n) is 1.07. The summed E-state index contributed by atoms with van der Waals surface area (Å²) in [6, 6.07) is 4.07. The molecule has 0 aliphatic carbocycles. The van der Waals surface area contributed by atoms with E-state index in [-0.39, 0.29) is 35.1 Å². The maximum Gasteiger partial charge on any atom is 1.00 e. The van der Waals surface area contributed by atoms with Gasteiger partial charge in [-0.3, -0.25) is 10.1 Å². The van der Waals surface area contributed by atoms with Gasteiger partial charge in [0.15, 0.2) is 0 Å². The molecule has 0 N–H and O–H groups in total. The molecular formula is C8H6NNaO4. The smallest absolute Gasteiger partial charge is 0.545 e. The SMILES string of the molecule is Cc1cccc(C(=O)[O-])c1[N+](=O)[O-].[Na+]. The predicted molar refractivity (Wildman–Crippen MR) is 42.2 cm³/mol. The zero-order valence-corrected chi connectivity index (χ0v) is 9.81. The molecule has 0 saturated carbocycles. The molecule has 0 amide bonds. The Hall–Kier alpha value is -0.910. The number of carbonyl (C=O) groups is 1. The first-order valence-electron chi connectivity index (χ1n) is 3.49. The van der Waals surface area contributed by atoms with Gasteiger partial charge in [0.1, 0.15) is 0 Å². The third-order valence-corrected chi connectivity index (χ3v) is 1.64. The van der Waals surface area contributed by atoms with E-state index in [0.29, 0.717) is 5.56 Å². The molecule has 0 aliphatic rings. The molecule has 0 radical (unpaired) electrons. The van der Waals surface area contributed by atoms with Gasteiger partial charge in [-0.25, -0.2) is 0 Å². The van der Waals surface area contributed by atoms with Gasteiger partial charge in [-0.15, -0.1) is 0 Å². The van der Waals surface area contributed by atoms with E-state index in [1.807, 2.05) is 0 Å². The Kier molecular flexibility index (Phi) is 4.76. The molecule has 0 spiro atoms. The zero-order chi connectivity index (χ0) is 10.0. The average molecular weight is 203 g/mol. The third-order valence-electron chi connectivity index (χ3n) is 1.64. The van der Waals surface area contributed by atoms with E-state index in [1.54, 1.807) is 0 Å². The Bertz CT molecular complexity index is 378. The van der Waals surface area contributed by atoms with Gasteiger partial charge in [0.25, 0.3) is 5.69 Å². The van der Waals surface area contributed by atoms with Crippen LogP contribution < -0.4 is 34.7 Å². The summed E-state index contributed by atoms with van der Waals surface area (Å²) in [6.07, 6.45) is 0. The van der Waals surface area contributed by atoms with Crippen molar-refractivity contribution >= 4 is 11.7 Å². The van der Waals surface area contributed by atoms with Crippen LogP contribution in [0.2, 0.25) is 0 Å². The Morgan fingerprint density at radius 3 is 2.36 bits per heavy atom. The number of aryl methyl sites for hydroxylation is 1. The molecule has 0 saturated heterocycles. The van der Waals surface area contributed by atoms with Gasteiger partial charge in [0.2, 0.25) is 0 Å². The quantitative estimate of drug-likeness (QED) is 0.297. The Morgan fingerprint density at radius 1 is 1.43 bits per heavy atom. The minimum Gasteiger partial charge on any atom is -0.545 e. The van der Waals surface area contributed by atoms with Crippen LogP contribution in [0.25, 0.3) is 0 Å². The molecule has 0 atom stereocenters. The van der Waals surface area contributed by atoms with Crippen LogP contribution >= 0.6 is 0 Å². The first kappa shape index (κ1) is 13.1. The topological polar surface area (TPSA) is 83.3 Å². The molecule has 14 heavy (non-hydrogen) atoms. The molecule has 68 valence electrons. The molecule has 6 heteroatoms. The molecule has 0 heterocycles. The number of carboxylic acid groups (broad SMARTS) is 1. The van der Waals surface area contributed by atoms with Gasteiger partial charge in [0.05, 0.1) is 16.5 Å². The summed E-state index contributed by atoms with van der Waals surface area (Å²) in [5.74, 6) is -1.53. The van der Waals surface area contributed by atoms with Crippen molar-refractivity contribution in [2.75, 3.05) is 0 Å². The molecule has 1 aromatic carbocycles. The van der Waals surface area contributed by atoms with Gasteiger partial charge in [-0.1, -0.05) is 12.1 Å². The number of aromatic carboxylic acids is 1. The summed E-state index contributed by atoms with van der Waals surface area (Å²) in [4.78, 5) is 20.2.